The Balaban J connectivity index is 1.74. The summed E-state index contributed by atoms with van der Waals surface area (Å²) in [6.45, 7) is 5.17. The molecular formula is C23H23N3O2. The third-order valence-corrected chi connectivity index (χ3v) is 4.49. The van der Waals surface area contributed by atoms with Crippen LogP contribution in [0.1, 0.15) is 40.3 Å². The van der Waals surface area contributed by atoms with Crippen molar-refractivity contribution in [1.82, 2.24) is 4.98 Å². The third kappa shape index (κ3) is 4.82. The maximum atomic E-state index is 12.6. The number of nitrogens with one attached hydrogen (secondary N) is 1. The smallest absolute Gasteiger partial charge is 0.274 e. The first-order valence-corrected chi connectivity index (χ1v) is 9.24. The summed E-state index contributed by atoms with van der Waals surface area (Å²) in [6.07, 6.45) is 1.65. The summed E-state index contributed by atoms with van der Waals surface area (Å²) < 4.78 is 0. The van der Waals surface area contributed by atoms with Crippen LogP contribution in [0.5, 0.6) is 0 Å². The predicted molar refractivity (Wildman–Crippen MR) is 112 cm³/mol. The second-order valence-electron chi connectivity index (χ2n) is 6.49. The molecule has 0 radical (unpaired) electrons. The molecule has 1 aromatic heterocycles. The van der Waals surface area contributed by atoms with Crippen molar-refractivity contribution in [3.8, 4) is 0 Å². The van der Waals surface area contributed by atoms with Crippen LogP contribution in [0.2, 0.25) is 0 Å². The fourth-order valence-corrected chi connectivity index (χ4v) is 2.91. The Kier molecular flexibility index (Phi) is 6.17. The first-order chi connectivity index (χ1) is 13.6. The molecule has 1 N–H and O–H groups in total. The molecule has 0 aliphatic rings. The molecule has 0 unspecified atom stereocenters. The summed E-state index contributed by atoms with van der Waals surface area (Å²) in [5.74, 6) is -0.293. The van der Waals surface area contributed by atoms with Gasteiger partial charge in [-0.05, 0) is 55.8 Å². The van der Waals surface area contributed by atoms with Crippen LogP contribution in [-0.2, 0) is 6.54 Å². The highest BCUT2D eigenvalue weighted by Gasteiger charge is 2.12. The predicted octanol–water partition coefficient (Wildman–Crippen LogP) is 4.56. The molecule has 0 aliphatic heterocycles. The summed E-state index contributed by atoms with van der Waals surface area (Å²) in [7, 11) is 0. The molecule has 0 saturated heterocycles. The topological polar surface area (TPSA) is 62.3 Å². The molecule has 0 spiro atoms. The zero-order valence-corrected chi connectivity index (χ0v) is 16.1. The van der Waals surface area contributed by atoms with Gasteiger partial charge in [-0.1, -0.05) is 30.3 Å². The van der Waals surface area contributed by atoms with Crippen molar-refractivity contribution in [2.45, 2.75) is 20.4 Å². The first kappa shape index (κ1) is 19.3. The summed E-state index contributed by atoms with van der Waals surface area (Å²) in [5, 5.41) is 2.83. The Morgan fingerprint density at radius 3 is 2.36 bits per heavy atom. The molecule has 0 bridgehead atoms. The Morgan fingerprint density at radius 1 is 1.00 bits per heavy atom. The lowest BCUT2D eigenvalue weighted by molar-refractivity contribution is 0.101. The van der Waals surface area contributed by atoms with Crippen molar-refractivity contribution in [3.63, 3.8) is 0 Å². The van der Waals surface area contributed by atoms with Gasteiger partial charge in [0.05, 0.1) is 0 Å². The maximum Gasteiger partial charge on any atom is 0.274 e. The van der Waals surface area contributed by atoms with Crippen molar-refractivity contribution < 1.29 is 9.59 Å². The number of pyridine rings is 1. The molecule has 3 aromatic rings. The Bertz CT molecular complexity index is 953. The number of Topliss-reactive ketones (excluding diaryl/α,β-unsaturated/α-hetero) is 1. The van der Waals surface area contributed by atoms with E-state index in [1.54, 1.807) is 36.5 Å². The van der Waals surface area contributed by atoms with Crippen LogP contribution in [0.3, 0.4) is 0 Å². The summed E-state index contributed by atoms with van der Waals surface area (Å²) in [5.41, 5.74) is 3.73. The third-order valence-electron chi connectivity index (χ3n) is 4.49. The van der Waals surface area contributed by atoms with E-state index in [-0.39, 0.29) is 11.7 Å². The van der Waals surface area contributed by atoms with Crippen molar-refractivity contribution >= 4 is 23.1 Å². The van der Waals surface area contributed by atoms with Crippen LogP contribution in [0.15, 0.2) is 72.9 Å². The van der Waals surface area contributed by atoms with Gasteiger partial charge in [0.25, 0.3) is 5.91 Å². The average molecular weight is 373 g/mol. The fourth-order valence-electron chi connectivity index (χ4n) is 2.91. The molecule has 0 saturated carbocycles. The van der Waals surface area contributed by atoms with Crippen molar-refractivity contribution in [1.29, 1.82) is 0 Å². The van der Waals surface area contributed by atoms with E-state index in [2.05, 4.69) is 34.3 Å². The van der Waals surface area contributed by atoms with Gasteiger partial charge in [0.2, 0.25) is 0 Å². The molecule has 5 nitrogen and oxygen atoms in total. The van der Waals surface area contributed by atoms with Gasteiger partial charge in [0, 0.05) is 36.2 Å². The van der Waals surface area contributed by atoms with E-state index in [0.717, 1.165) is 18.8 Å². The monoisotopic (exact) mass is 373 g/mol. The van der Waals surface area contributed by atoms with E-state index in [4.69, 9.17) is 0 Å². The number of hydrogen-bond acceptors (Lipinski definition) is 4. The SMILES string of the molecule is CCN(Cc1ccccc1)c1ccnc(C(=O)Nc2ccc(C(C)=O)cc2)c1. The number of carbonyl (C=O) groups is 2. The highest BCUT2D eigenvalue weighted by atomic mass is 16.2. The quantitative estimate of drug-likeness (QED) is 0.617. The average Bonchev–Trinajstić information content (AvgIpc) is 2.73. The van der Waals surface area contributed by atoms with Crippen molar-refractivity contribution in [3.05, 3.63) is 89.7 Å². The van der Waals surface area contributed by atoms with E-state index >= 15 is 0 Å². The summed E-state index contributed by atoms with van der Waals surface area (Å²) in [4.78, 5) is 30.4. The van der Waals surface area contributed by atoms with Crippen molar-refractivity contribution in [2.24, 2.45) is 0 Å². The summed E-state index contributed by atoms with van der Waals surface area (Å²) >= 11 is 0. The summed E-state index contributed by atoms with van der Waals surface area (Å²) in [6, 6.07) is 20.7. The second kappa shape index (κ2) is 8.95. The highest BCUT2D eigenvalue weighted by molar-refractivity contribution is 6.03. The van der Waals surface area contributed by atoms with Gasteiger partial charge < -0.3 is 10.2 Å². The van der Waals surface area contributed by atoms with Crippen LogP contribution in [0.4, 0.5) is 11.4 Å². The molecule has 1 amide bonds. The van der Waals surface area contributed by atoms with Gasteiger partial charge >= 0.3 is 0 Å². The zero-order valence-electron chi connectivity index (χ0n) is 16.1. The molecule has 28 heavy (non-hydrogen) atoms. The Morgan fingerprint density at radius 2 is 1.71 bits per heavy atom. The number of ketones is 1. The number of anilines is 2. The van der Waals surface area contributed by atoms with Crippen LogP contribution in [-0.4, -0.2) is 23.2 Å². The van der Waals surface area contributed by atoms with Gasteiger partial charge in [-0.2, -0.15) is 0 Å². The van der Waals surface area contributed by atoms with Crippen molar-refractivity contribution in [2.75, 3.05) is 16.8 Å². The molecule has 0 fully saturated rings. The van der Waals surface area contributed by atoms with Gasteiger partial charge in [-0.15, -0.1) is 0 Å². The van der Waals surface area contributed by atoms with E-state index in [0.29, 0.717) is 16.9 Å². The second-order valence-corrected chi connectivity index (χ2v) is 6.49. The normalized spacial score (nSPS) is 10.4. The molecule has 0 aliphatic carbocycles. The number of amides is 1. The number of hydrogen-bond donors (Lipinski definition) is 1. The van der Waals surface area contributed by atoms with Crippen LogP contribution >= 0.6 is 0 Å². The van der Waals surface area contributed by atoms with Gasteiger partial charge in [-0.3, -0.25) is 14.6 Å². The van der Waals surface area contributed by atoms with Crippen LogP contribution in [0.25, 0.3) is 0 Å². The first-order valence-electron chi connectivity index (χ1n) is 9.24. The number of rotatable bonds is 7. The molecule has 0 atom stereocenters. The zero-order chi connectivity index (χ0) is 19.9. The molecule has 5 heteroatoms. The molecule has 3 rings (SSSR count). The Labute approximate surface area is 165 Å². The van der Waals surface area contributed by atoms with E-state index in [9.17, 15) is 9.59 Å². The number of aromatic nitrogens is 1. The lowest BCUT2D eigenvalue weighted by atomic mass is 10.1. The molecule has 1 heterocycles. The number of nitrogens with zero attached hydrogens (tertiary/aromatic N) is 2. The maximum absolute atomic E-state index is 12.6. The minimum atomic E-state index is -0.284. The largest absolute Gasteiger partial charge is 0.367 e. The van der Waals surface area contributed by atoms with Crippen LogP contribution < -0.4 is 10.2 Å². The van der Waals surface area contributed by atoms with E-state index < -0.39 is 0 Å². The fraction of sp³-hybridized carbons (Fsp3) is 0.174. The number of carbonyl (C=O) groups excluding carboxylic acids is 2. The van der Waals surface area contributed by atoms with E-state index in [1.807, 2.05) is 24.3 Å². The molecular weight excluding hydrogens is 350 g/mol. The lowest BCUT2D eigenvalue weighted by Gasteiger charge is -2.23. The molecule has 2 aromatic carbocycles. The van der Waals surface area contributed by atoms with Gasteiger partial charge in [0.1, 0.15) is 5.69 Å². The van der Waals surface area contributed by atoms with Gasteiger partial charge in [0.15, 0.2) is 5.78 Å². The van der Waals surface area contributed by atoms with E-state index in [1.165, 1.54) is 12.5 Å². The highest BCUT2D eigenvalue weighted by Crippen LogP contribution is 2.19. The standard InChI is InChI=1S/C23H23N3O2/c1-3-26(16-18-7-5-4-6-8-18)21-13-14-24-22(15-21)23(28)25-20-11-9-19(10-12-20)17(2)27/h4-15H,3,16H2,1-2H3,(H,25,28). The van der Waals surface area contributed by atoms with Gasteiger partial charge in [-0.25, -0.2) is 0 Å². The van der Waals surface area contributed by atoms with Crippen LogP contribution in [0, 0.1) is 0 Å². The lowest BCUT2D eigenvalue weighted by Crippen LogP contribution is -2.23. The minimum absolute atomic E-state index is 0.00897. The molecule has 142 valence electrons. The number of benzene rings is 2. The Hall–Kier alpha value is -3.47. The minimum Gasteiger partial charge on any atom is -0.367 e.